The molecule has 0 saturated heterocycles. The van der Waals surface area contributed by atoms with Crippen LogP contribution in [0.1, 0.15) is 61.6 Å². The molecule has 0 fully saturated rings. The van der Waals surface area contributed by atoms with Crippen LogP contribution < -0.4 is 5.32 Å². The van der Waals surface area contributed by atoms with Gasteiger partial charge in [0, 0.05) is 43.9 Å². The molecule has 0 radical (unpaired) electrons. The highest BCUT2D eigenvalue weighted by atomic mass is 19.1. The maximum Gasteiger partial charge on any atom is 0.410 e. The third-order valence-electron chi connectivity index (χ3n) is 10.1. The smallest absolute Gasteiger partial charge is 0.410 e. The summed E-state index contributed by atoms with van der Waals surface area (Å²) in [7, 11) is 0. The number of ether oxygens (including phenoxy) is 1. The van der Waals surface area contributed by atoms with Crippen LogP contribution in [0.4, 0.5) is 13.6 Å². The minimum absolute atomic E-state index is 0. The van der Waals surface area contributed by atoms with Gasteiger partial charge in [-0.1, -0.05) is 68.1 Å². The van der Waals surface area contributed by atoms with Gasteiger partial charge in [0.05, 0.1) is 36.4 Å². The first kappa shape index (κ1) is 40.1. The second-order valence-electron chi connectivity index (χ2n) is 15.2. The second-order valence-corrected chi connectivity index (χ2v) is 15.2. The lowest BCUT2D eigenvalue weighted by atomic mass is 9.93. The van der Waals surface area contributed by atoms with Gasteiger partial charge in [0.1, 0.15) is 17.2 Å². The van der Waals surface area contributed by atoms with Gasteiger partial charge >= 0.3 is 6.09 Å². The van der Waals surface area contributed by atoms with E-state index in [2.05, 4.69) is 54.8 Å². The van der Waals surface area contributed by atoms with E-state index in [-0.39, 0.29) is 25.2 Å². The molecular weight excluding hydrogens is 707 g/mol. The van der Waals surface area contributed by atoms with E-state index in [0.717, 1.165) is 85.5 Å². The van der Waals surface area contributed by atoms with Crippen molar-refractivity contribution < 1.29 is 18.3 Å². The number of nitrogens with zero attached hydrogens (tertiary/aromatic N) is 5. The summed E-state index contributed by atoms with van der Waals surface area (Å²) in [5.41, 5.74) is 11.6. The Morgan fingerprint density at radius 3 is 1.79 bits per heavy atom. The van der Waals surface area contributed by atoms with Crippen LogP contribution in [-0.4, -0.2) is 48.8 Å². The van der Waals surface area contributed by atoms with Crippen molar-refractivity contribution in [2.45, 2.75) is 85.7 Å². The van der Waals surface area contributed by atoms with Gasteiger partial charge in [0.25, 0.3) is 0 Å². The fraction of sp³-hybridized carbons (Fsp3) is 0.326. The third-order valence-corrected chi connectivity index (χ3v) is 10.1. The van der Waals surface area contributed by atoms with Gasteiger partial charge < -0.3 is 24.1 Å². The van der Waals surface area contributed by atoms with Crippen LogP contribution in [-0.2, 0) is 56.6 Å². The lowest BCUT2D eigenvalue weighted by molar-refractivity contribution is 0.0224. The largest absolute Gasteiger partial charge is 0.444 e. The molecule has 0 unspecified atom stereocenters. The molecule has 0 bridgehead atoms. The average molecular weight is 759 g/mol. The zero-order valence-corrected chi connectivity index (χ0v) is 31.8. The van der Waals surface area contributed by atoms with Gasteiger partial charge in [-0.3, -0.25) is 0 Å². The summed E-state index contributed by atoms with van der Waals surface area (Å²) in [6.45, 7) is 10.4. The Kier molecular flexibility index (Phi) is 12.8. The molecule has 2 aromatic heterocycles. The van der Waals surface area contributed by atoms with Gasteiger partial charge in [0.15, 0.2) is 0 Å². The molecule has 56 heavy (non-hydrogen) atoms. The quantitative estimate of drug-likeness (QED) is 0.167. The molecule has 2 aliphatic heterocycles. The maximum absolute atomic E-state index is 13.2. The van der Waals surface area contributed by atoms with E-state index < -0.39 is 5.60 Å². The van der Waals surface area contributed by atoms with E-state index >= 15 is 0 Å². The summed E-state index contributed by atoms with van der Waals surface area (Å²) in [6, 6.07) is 26.1. The minimum atomic E-state index is -0.504. The van der Waals surface area contributed by atoms with Gasteiger partial charge in [-0.15, -0.1) is 0 Å². The number of rotatable bonds is 8. The number of halogens is 2. The number of hydrogen-bond acceptors (Lipinski definition) is 5. The zero-order chi connectivity index (χ0) is 38.4. The second kappa shape index (κ2) is 17.9. The molecule has 1 amide bonds. The first-order valence-electron chi connectivity index (χ1n) is 19.0. The molecule has 0 atom stereocenters. The Hall–Kier alpha value is -5.61. The summed E-state index contributed by atoms with van der Waals surface area (Å²) in [5, 5.41) is 3.43. The number of imidazole rings is 2. The Morgan fingerprint density at radius 1 is 0.732 bits per heavy atom. The van der Waals surface area contributed by atoms with Gasteiger partial charge in [-0.2, -0.15) is 0 Å². The molecular formula is C46H52F2N6O2. The van der Waals surface area contributed by atoms with Crippen LogP contribution >= 0.6 is 0 Å². The summed E-state index contributed by atoms with van der Waals surface area (Å²) in [6.07, 6.45) is 10.8. The highest BCUT2D eigenvalue weighted by Crippen LogP contribution is 2.32. The van der Waals surface area contributed by atoms with Crippen LogP contribution in [0.15, 0.2) is 110 Å². The molecule has 292 valence electrons. The van der Waals surface area contributed by atoms with Crippen molar-refractivity contribution in [2.24, 2.45) is 0 Å². The number of amides is 1. The number of aryl methyl sites for hydroxylation is 4. The standard InChI is InChI=1S/C25H28FN3O2.C20H20FN3.CH4/c1-25(2,3)31-24(30)28-14-12-21-19(16-28)5-4-6-22(21)23-15-27-17-29(23)13-11-18-7-9-20(26)10-8-18;21-17-6-4-15(5-7-17)9-11-24-14-23-13-20(24)19-3-1-2-16-12-22-10-8-18(16)19;/h4-10,15,17H,11-14,16H2,1-3H3;1-7,13-14,22H,8-12H2;1H4. The maximum atomic E-state index is 13.2. The van der Waals surface area contributed by atoms with E-state index in [4.69, 9.17) is 4.74 Å². The topological polar surface area (TPSA) is 77.2 Å². The number of aromatic nitrogens is 4. The Balaban J connectivity index is 0.000000192. The number of nitrogens with one attached hydrogen (secondary N) is 1. The fourth-order valence-electron chi connectivity index (χ4n) is 7.35. The molecule has 8 rings (SSSR count). The predicted octanol–water partition coefficient (Wildman–Crippen LogP) is 9.44. The third kappa shape index (κ3) is 9.78. The van der Waals surface area contributed by atoms with Crippen molar-refractivity contribution in [3.63, 3.8) is 0 Å². The number of hydrogen-bond donors (Lipinski definition) is 1. The molecule has 0 aliphatic carbocycles. The highest BCUT2D eigenvalue weighted by Gasteiger charge is 2.27. The van der Waals surface area contributed by atoms with E-state index in [9.17, 15) is 13.6 Å². The average Bonchev–Trinajstić information content (AvgIpc) is 3.86. The van der Waals surface area contributed by atoms with Gasteiger partial charge in [-0.25, -0.2) is 23.5 Å². The van der Waals surface area contributed by atoms with Crippen molar-refractivity contribution in [1.82, 2.24) is 29.3 Å². The highest BCUT2D eigenvalue weighted by molar-refractivity contribution is 5.71. The van der Waals surface area contributed by atoms with Crippen molar-refractivity contribution in [3.05, 3.63) is 155 Å². The van der Waals surface area contributed by atoms with Crippen LogP contribution in [0.3, 0.4) is 0 Å². The molecule has 1 N–H and O–H groups in total. The van der Waals surface area contributed by atoms with Crippen molar-refractivity contribution >= 4 is 6.09 Å². The lowest BCUT2D eigenvalue weighted by Gasteiger charge is -2.32. The molecule has 4 heterocycles. The molecule has 0 spiro atoms. The summed E-state index contributed by atoms with van der Waals surface area (Å²) >= 11 is 0. The van der Waals surface area contributed by atoms with Crippen LogP contribution in [0.2, 0.25) is 0 Å². The van der Waals surface area contributed by atoms with E-state index in [1.807, 2.05) is 76.2 Å². The van der Waals surface area contributed by atoms with Crippen molar-refractivity contribution in [1.29, 1.82) is 0 Å². The first-order valence-corrected chi connectivity index (χ1v) is 19.0. The van der Waals surface area contributed by atoms with Gasteiger partial charge in [-0.05, 0) is 111 Å². The van der Waals surface area contributed by atoms with Crippen LogP contribution in [0, 0.1) is 11.6 Å². The molecule has 4 aromatic carbocycles. The number of carbonyl (C=O) groups excluding carboxylic acids is 1. The Labute approximate surface area is 329 Å². The molecule has 0 saturated carbocycles. The van der Waals surface area contributed by atoms with E-state index in [0.29, 0.717) is 13.1 Å². The zero-order valence-electron chi connectivity index (χ0n) is 31.8. The molecule has 6 aromatic rings. The molecule has 8 nitrogen and oxygen atoms in total. The van der Waals surface area contributed by atoms with E-state index in [1.54, 1.807) is 4.90 Å². The minimum Gasteiger partial charge on any atom is -0.444 e. The molecule has 2 aliphatic rings. The molecule has 10 heteroatoms. The summed E-state index contributed by atoms with van der Waals surface area (Å²) < 4.78 is 36.1. The normalized spacial score (nSPS) is 13.5. The number of carbonyl (C=O) groups is 1. The lowest BCUT2D eigenvalue weighted by Crippen LogP contribution is -2.40. The number of benzene rings is 4. The van der Waals surface area contributed by atoms with Crippen LogP contribution in [0.5, 0.6) is 0 Å². The first-order chi connectivity index (χ1) is 26.6. The predicted molar refractivity (Wildman–Crippen MR) is 218 cm³/mol. The summed E-state index contributed by atoms with van der Waals surface area (Å²) in [5.74, 6) is -0.407. The van der Waals surface area contributed by atoms with Crippen molar-refractivity contribution in [2.75, 3.05) is 13.1 Å². The Morgan fingerprint density at radius 2 is 1.25 bits per heavy atom. The fourth-order valence-corrected chi connectivity index (χ4v) is 7.35. The van der Waals surface area contributed by atoms with Gasteiger partial charge in [0.2, 0.25) is 0 Å². The number of fused-ring (bicyclic) bond motifs is 2. The summed E-state index contributed by atoms with van der Waals surface area (Å²) in [4.78, 5) is 23.0. The van der Waals surface area contributed by atoms with E-state index in [1.165, 1.54) is 46.5 Å². The van der Waals surface area contributed by atoms with Crippen molar-refractivity contribution in [3.8, 4) is 22.5 Å². The SMILES string of the molecule is C.CC(C)(C)OC(=O)N1CCc2c(cccc2-c2cncn2CCc2ccc(F)cc2)C1.Fc1ccc(CCn2cncc2-c2cccc3c2CCNC3)cc1. The monoisotopic (exact) mass is 758 g/mol. The van der Waals surface area contributed by atoms with Crippen LogP contribution in [0.25, 0.3) is 22.5 Å². The Bertz CT molecular complexity index is 2220.